The lowest BCUT2D eigenvalue weighted by atomic mass is 9.75. The van der Waals surface area contributed by atoms with Gasteiger partial charge >= 0.3 is 0 Å². The molecule has 0 spiro atoms. The first-order valence-corrected chi connectivity index (χ1v) is 5.11. The Labute approximate surface area is 76.9 Å². The molecule has 0 radical (unpaired) electrons. The summed E-state index contributed by atoms with van der Waals surface area (Å²) in [6.45, 7) is 9.03. The summed E-state index contributed by atoms with van der Waals surface area (Å²) in [5.41, 5.74) is -0.0498. The van der Waals surface area contributed by atoms with Gasteiger partial charge in [-0.1, -0.05) is 20.8 Å². The van der Waals surface area contributed by atoms with Crippen molar-refractivity contribution in [1.82, 2.24) is 4.31 Å². The van der Waals surface area contributed by atoms with Gasteiger partial charge in [0.25, 0.3) is 0 Å². The Morgan fingerprint density at radius 1 is 1.50 bits per heavy atom. The zero-order valence-electron chi connectivity index (χ0n) is 8.38. The Balaban J connectivity index is 2.94. The topological polar surface area (TPSA) is 29.5 Å². The van der Waals surface area contributed by atoms with Gasteiger partial charge in [-0.3, -0.25) is 4.18 Å². The Bertz CT molecular complexity index is 212. The zero-order valence-corrected chi connectivity index (χ0v) is 9.20. The quantitative estimate of drug-likeness (QED) is 0.578. The highest BCUT2D eigenvalue weighted by Gasteiger charge is 2.48. The minimum atomic E-state index is -1.25. The standard InChI is InChI=1S/C8H17NO2S/c1-7(2,3)8(4)6-11-12(10)9(8)5/h6H2,1-5H3/t8-,12?/m0/s1. The maximum Gasteiger partial charge on any atom is 0.237 e. The first-order chi connectivity index (χ1) is 5.29. The number of rotatable bonds is 0. The molecular formula is C8H17NO2S. The summed E-state index contributed by atoms with van der Waals surface area (Å²) in [6, 6.07) is 0. The molecule has 1 aliphatic rings. The summed E-state index contributed by atoms with van der Waals surface area (Å²) >= 11 is -1.25. The smallest absolute Gasteiger partial charge is 0.237 e. The van der Waals surface area contributed by atoms with E-state index in [9.17, 15) is 4.21 Å². The van der Waals surface area contributed by atoms with Crippen molar-refractivity contribution in [3.8, 4) is 0 Å². The summed E-state index contributed by atoms with van der Waals surface area (Å²) in [6.07, 6.45) is 0. The molecule has 72 valence electrons. The lowest BCUT2D eigenvalue weighted by molar-refractivity contribution is 0.0866. The molecular weight excluding hydrogens is 174 g/mol. The lowest BCUT2D eigenvalue weighted by Gasteiger charge is -2.40. The van der Waals surface area contributed by atoms with Crippen molar-refractivity contribution in [2.24, 2.45) is 5.41 Å². The summed E-state index contributed by atoms with van der Waals surface area (Å²) in [7, 11) is 1.84. The van der Waals surface area contributed by atoms with Crippen molar-refractivity contribution in [3.63, 3.8) is 0 Å². The van der Waals surface area contributed by atoms with E-state index in [2.05, 4.69) is 27.7 Å². The fourth-order valence-electron chi connectivity index (χ4n) is 1.19. The Hall–Kier alpha value is 0.0700. The second-order valence-electron chi connectivity index (χ2n) is 4.50. The van der Waals surface area contributed by atoms with Crippen molar-refractivity contribution in [2.45, 2.75) is 33.2 Å². The van der Waals surface area contributed by atoms with Gasteiger partial charge in [-0.2, -0.15) is 4.31 Å². The van der Waals surface area contributed by atoms with Crippen LogP contribution in [0.3, 0.4) is 0 Å². The van der Waals surface area contributed by atoms with Crippen LogP contribution in [0.15, 0.2) is 0 Å². The van der Waals surface area contributed by atoms with E-state index in [1.807, 2.05) is 7.05 Å². The molecule has 1 heterocycles. The van der Waals surface area contributed by atoms with Gasteiger partial charge in [0.05, 0.1) is 12.1 Å². The molecule has 4 heteroatoms. The van der Waals surface area contributed by atoms with Crippen LogP contribution in [0.2, 0.25) is 0 Å². The molecule has 0 aromatic carbocycles. The first-order valence-electron chi connectivity index (χ1n) is 4.08. The van der Waals surface area contributed by atoms with Crippen LogP contribution in [0.5, 0.6) is 0 Å². The van der Waals surface area contributed by atoms with Crippen LogP contribution in [-0.4, -0.2) is 27.7 Å². The molecule has 3 nitrogen and oxygen atoms in total. The highest BCUT2D eigenvalue weighted by Crippen LogP contribution is 2.39. The second-order valence-corrected chi connectivity index (χ2v) is 5.72. The van der Waals surface area contributed by atoms with Crippen LogP contribution in [0.25, 0.3) is 0 Å². The minimum Gasteiger partial charge on any atom is -0.276 e. The molecule has 0 aliphatic carbocycles. The monoisotopic (exact) mass is 191 g/mol. The molecule has 0 saturated carbocycles. The molecule has 0 N–H and O–H groups in total. The van der Waals surface area contributed by atoms with Crippen LogP contribution in [0.4, 0.5) is 0 Å². The van der Waals surface area contributed by atoms with Gasteiger partial charge < -0.3 is 0 Å². The van der Waals surface area contributed by atoms with Crippen molar-refractivity contribution in [1.29, 1.82) is 0 Å². The maximum atomic E-state index is 11.3. The van der Waals surface area contributed by atoms with Gasteiger partial charge in [-0.05, 0) is 12.3 Å². The van der Waals surface area contributed by atoms with Gasteiger partial charge in [0, 0.05) is 7.05 Å². The normalized spacial score (nSPS) is 38.9. The van der Waals surface area contributed by atoms with Crippen molar-refractivity contribution >= 4 is 11.3 Å². The third-order valence-corrected chi connectivity index (χ3v) is 4.14. The van der Waals surface area contributed by atoms with E-state index < -0.39 is 11.3 Å². The predicted octanol–water partition coefficient (Wildman–Crippen LogP) is 1.33. The summed E-state index contributed by atoms with van der Waals surface area (Å²) < 4.78 is 18.2. The Morgan fingerprint density at radius 2 is 2.00 bits per heavy atom. The van der Waals surface area contributed by atoms with Gasteiger partial charge in [0.15, 0.2) is 0 Å². The molecule has 2 atom stereocenters. The average Bonchev–Trinajstić information content (AvgIpc) is 2.16. The molecule has 0 amide bonds. The number of likely N-dealkylation sites (N-methyl/N-ethyl adjacent to an activating group) is 1. The maximum absolute atomic E-state index is 11.3. The van der Waals surface area contributed by atoms with Crippen molar-refractivity contribution < 1.29 is 8.39 Å². The molecule has 1 saturated heterocycles. The number of hydrogen-bond donors (Lipinski definition) is 0. The molecule has 0 aromatic heterocycles. The highest BCUT2D eigenvalue weighted by atomic mass is 32.2. The fourth-order valence-corrected chi connectivity index (χ4v) is 2.33. The largest absolute Gasteiger partial charge is 0.276 e. The summed E-state index contributed by atoms with van der Waals surface area (Å²) in [5.74, 6) is 0. The zero-order chi connectivity index (χ0) is 9.57. The lowest BCUT2D eigenvalue weighted by Crippen LogP contribution is -2.51. The molecule has 1 rings (SSSR count). The molecule has 1 fully saturated rings. The van der Waals surface area contributed by atoms with E-state index >= 15 is 0 Å². The van der Waals surface area contributed by atoms with E-state index in [0.29, 0.717) is 6.61 Å². The van der Waals surface area contributed by atoms with Gasteiger partial charge in [-0.25, -0.2) is 4.21 Å². The van der Waals surface area contributed by atoms with E-state index in [-0.39, 0.29) is 11.0 Å². The number of hydrogen-bond acceptors (Lipinski definition) is 2. The van der Waals surface area contributed by atoms with Crippen LogP contribution < -0.4 is 0 Å². The molecule has 1 aliphatic heterocycles. The molecule has 0 aromatic rings. The van der Waals surface area contributed by atoms with Gasteiger partial charge in [0.1, 0.15) is 0 Å². The SMILES string of the molecule is CN1S(=O)OC[C@@]1(C)C(C)(C)C. The van der Waals surface area contributed by atoms with Crippen LogP contribution >= 0.6 is 0 Å². The van der Waals surface area contributed by atoms with E-state index in [1.54, 1.807) is 4.31 Å². The van der Waals surface area contributed by atoms with Gasteiger partial charge in [0.2, 0.25) is 11.3 Å². The number of nitrogens with zero attached hydrogens (tertiary/aromatic N) is 1. The Morgan fingerprint density at radius 3 is 2.17 bits per heavy atom. The predicted molar refractivity (Wildman–Crippen MR) is 49.7 cm³/mol. The first kappa shape index (κ1) is 10.2. The van der Waals surface area contributed by atoms with E-state index in [0.717, 1.165) is 0 Å². The van der Waals surface area contributed by atoms with Gasteiger partial charge in [-0.15, -0.1) is 0 Å². The van der Waals surface area contributed by atoms with Crippen LogP contribution in [0.1, 0.15) is 27.7 Å². The molecule has 1 unspecified atom stereocenters. The molecule has 12 heavy (non-hydrogen) atoms. The van der Waals surface area contributed by atoms with Crippen LogP contribution in [0, 0.1) is 5.41 Å². The average molecular weight is 191 g/mol. The summed E-state index contributed by atoms with van der Waals surface area (Å²) in [5, 5.41) is 0. The van der Waals surface area contributed by atoms with E-state index in [1.165, 1.54) is 0 Å². The van der Waals surface area contributed by atoms with Crippen molar-refractivity contribution in [2.75, 3.05) is 13.7 Å². The van der Waals surface area contributed by atoms with Crippen LogP contribution in [-0.2, 0) is 15.4 Å². The van der Waals surface area contributed by atoms with Crippen molar-refractivity contribution in [3.05, 3.63) is 0 Å². The van der Waals surface area contributed by atoms with E-state index in [4.69, 9.17) is 4.18 Å². The minimum absolute atomic E-state index is 0.0773. The second kappa shape index (κ2) is 2.79. The summed E-state index contributed by atoms with van der Waals surface area (Å²) in [4.78, 5) is 0. The molecule has 0 bridgehead atoms. The Kier molecular flexibility index (Phi) is 2.36. The highest BCUT2D eigenvalue weighted by molar-refractivity contribution is 7.78. The fraction of sp³-hybridized carbons (Fsp3) is 1.00. The third kappa shape index (κ3) is 1.32. The third-order valence-electron chi connectivity index (χ3n) is 2.98.